The van der Waals surface area contributed by atoms with Gasteiger partial charge in [0.2, 0.25) is 0 Å². The summed E-state index contributed by atoms with van der Waals surface area (Å²) in [7, 11) is 0. The van der Waals surface area contributed by atoms with Crippen LogP contribution >= 0.6 is 0 Å². The molecule has 1 aliphatic heterocycles. The fraction of sp³-hybridized carbons (Fsp3) is 0.857. The van der Waals surface area contributed by atoms with Crippen molar-refractivity contribution in [3.63, 3.8) is 0 Å². The summed E-state index contributed by atoms with van der Waals surface area (Å²) in [5, 5.41) is 20.5. The zero-order valence-electron chi connectivity index (χ0n) is 6.98. The summed E-state index contributed by atoms with van der Waals surface area (Å²) in [4.78, 5) is 1.98. The first kappa shape index (κ1) is 9.28. The average molecular weight is 173 g/mol. The number of piperidine rings is 1. The predicted octanol–water partition coefficient (Wildman–Crippen LogP) is -0.810. The lowest BCUT2D eigenvalue weighted by atomic mass is 10.1. The second-order valence-corrected chi connectivity index (χ2v) is 3.12. The summed E-state index contributed by atoms with van der Waals surface area (Å²) in [6.45, 7) is 1.97. The van der Waals surface area contributed by atoms with Crippen molar-refractivity contribution in [2.24, 2.45) is 10.9 Å². The molecule has 1 rings (SSSR count). The number of likely N-dealkylation sites (tertiary alicyclic amines) is 1. The second-order valence-electron chi connectivity index (χ2n) is 3.12. The van der Waals surface area contributed by atoms with Gasteiger partial charge in [0, 0.05) is 6.54 Å². The van der Waals surface area contributed by atoms with Crippen LogP contribution in [-0.4, -0.2) is 46.8 Å². The largest absolute Gasteiger partial charge is 0.409 e. The average Bonchev–Trinajstić information content (AvgIpc) is 2.04. The SMILES string of the molecule is NC(CN1CCCC(O)C1)=NO. The fourth-order valence-corrected chi connectivity index (χ4v) is 1.44. The molecule has 70 valence electrons. The van der Waals surface area contributed by atoms with Crippen LogP contribution in [0.2, 0.25) is 0 Å². The Morgan fingerprint density at radius 2 is 2.42 bits per heavy atom. The molecule has 4 N–H and O–H groups in total. The number of hydrogen-bond donors (Lipinski definition) is 3. The maximum absolute atomic E-state index is 9.28. The lowest BCUT2D eigenvalue weighted by Gasteiger charge is -2.29. The maximum Gasteiger partial charge on any atom is 0.153 e. The van der Waals surface area contributed by atoms with E-state index in [4.69, 9.17) is 10.9 Å². The number of β-amino-alcohol motifs (C(OH)–C–C–N with tert-alkyl or cyclic N) is 1. The maximum atomic E-state index is 9.28. The second kappa shape index (κ2) is 4.27. The van der Waals surface area contributed by atoms with Crippen molar-refractivity contribution in [1.82, 2.24) is 4.90 Å². The van der Waals surface area contributed by atoms with Crippen LogP contribution in [0, 0.1) is 0 Å². The van der Waals surface area contributed by atoms with E-state index >= 15 is 0 Å². The van der Waals surface area contributed by atoms with Crippen LogP contribution in [-0.2, 0) is 0 Å². The number of aliphatic hydroxyl groups excluding tert-OH is 1. The summed E-state index contributed by atoms with van der Waals surface area (Å²) in [5.41, 5.74) is 5.33. The van der Waals surface area contributed by atoms with E-state index in [2.05, 4.69) is 5.16 Å². The molecule has 1 atom stereocenters. The summed E-state index contributed by atoms with van der Waals surface area (Å²) in [5.74, 6) is 0.198. The van der Waals surface area contributed by atoms with Gasteiger partial charge >= 0.3 is 0 Å². The monoisotopic (exact) mass is 173 g/mol. The number of hydrogen-bond acceptors (Lipinski definition) is 4. The molecule has 0 radical (unpaired) electrons. The molecular weight excluding hydrogens is 158 g/mol. The Morgan fingerprint density at radius 3 is 3.00 bits per heavy atom. The first-order valence-electron chi connectivity index (χ1n) is 4.09. The van der Waals surface area contributed by atoms with Crippen LogP contribution in [0.1, 0.15) is 12.8 Å². The molecule has 0 bridgehead atoms. The van der Waals surface area contributed by atoms with Gasteiger partial charge in [-0.05, 0) is 19.4 Å². The highest BCUT2D eigenvalue weighted by atomic mass is 16.4. The Labute approximate surface area is 71.5 Å². The Hall–Kier alpha value is -0.810. The summed E-state index contributed by atoms with van der Waals surface area (Å²) < 4.78 is 0. The summed E-state index contributed by atoms with van der Waals surface area (Å²) >= 11 is 0. The highest BCUT2D eigenvalue weighted by Crippen LogP contribution is 2.08. The van der Waals surface area contributed by atoms with Gasteiger partial charge in [0.05, 0.1) is 12.6 Å². The van der Waals surface area contributed by atoms with E-state index in [0.29, 0.717) is 13.1 Å². The normalized spacial score (nSPS) is 27.4. The van der Waals surface area contributed by atoms with E-state index in [1.54, 1.807) is 0 Å². The number of oxime groups is 1. The molecular formula is C7H15N3O2. The molecule has 0 aromatic rings. The van der Waals surface area contributed by atoms with Crippen molar-refractivity contribution in [3.8, 4) is 0 Å². The topological polar surface area (TPSA) is 82.1 Å². The lowest BCUT2D eigenvalue weighted by Crippen LogP contribution is -2.42. The standard InChI is InChI=1S/C7H15N3O2/c8-7(9-12)5-10-3-1-2-6(11)4-10/h6,11-12H,1-5H2,(H2,8,9). The van der Waals surface area contributed by atoms with E-state index in [-0.39, 0.29) is 11.9 Å². The molecule has 5 heteroatoms. The van der Waals surface area contributed by atoms with E-state index in [1.807, 2.05) is 4.90 Å². The van der Waals surface area contributed by atoms with Gasteiger partial charge in [-0.3, -0.25) is 4.90 Å². The highest BCUT2D eigenvalue weighted by Gasteiger charge is 2.17. The van der Waals surface area contributed by atoms with Gasteiger partial charge in [-0.2, -0.15) is 0 Å². The van der Waals surface area contributed by atoms with Gasteiger partial charge in [0.1, 0.15) is 0 Å². The Morgan fingerprint density at radius 1 is 1.67 bits per heavy atom. The van der Waals surface area contributed by atoms with Gasteiger partial charge in [-0.1, -0.05) is 5.16 Å². The number of amidine groups is 1. The number of nitrogens with zero attached hydrogens (tertiary/aromatic N) is 2. The van der Waals surface area contributed by atoms with Crippen molar-refractivity contribution >= 4 is 5.84 Å². The van der Waals surface area contributed by atoms with Crippen LogP contribution < -0.4 is 5.73 Å². The fourth-order valence-electron chi connectivity index (χ4n) is 1.44. The van der Waals surface area contributed by atoms with E-state index in [9.17, 15) is 5.11 Å². The highest BCUT2D eigenvalue weighted by molar-refractivity contribution is 5.81. The van der Waals surface area contributed by atoms with Crippen molar-refractivity contribution < 1.29 is 10.3 Å². The van der Waals surface area contributed by atoms with Gasteiger partial charge < -0.3 is 16.0 Å². The van der Waals surface area contributed by atoms with Gasteiger partial charge in [-0.15, -0.1) is 0 Å². The van der Waals surface area contributed by atoms with Crippen LogP contribution in [0.15, 0.2) is 5.16 Å². The number of rotatable bonds is 2. The first-order valence-corrected chi connectivity index (χ1v) is 4.09. The Balaban J connectivity index is 2.32. The molecule has 1 heterocycles. The Kier molecular flexibility index (Phi) is 3.31. The van der Waals surface area contributed by atoms with Crippen LogP contribution in [0.4, 0.5) is 0 Å². The first-order chi connectivity index (χ1) is 5.72. The van der Waals surface area contributed by atoms with Crippen molar-refractivity contribution in [1.29, 1.82) is 0 Å². The molecule has 5 nitrogen and oxygen atoms in total. The van der Waals surface area contributed by atoms with Crippen LogP contribution in [0.5, 0.6) is 0 Å². The predicted molar refractivity (Wildman–Crippen MR) is 45.1 cm³/mol. The number of aliphatic hydroxyl groups is 1. The molecule has 0 aliphatic carbocycles. The Bertz CT molecular complexity index is 172. The van der Waals surface area contributed by atoms with E-state index < -0.39 is 0 Å². The summed E-state index contributed by atoms with van der Waals surface area (Å²) in [6.07, 6.45) is 1.57. The summed E-state index contributed by atoms with van der Waals surface area (Å²) in [6, 6.07) is 0. The molecule has 1 aliphatic rings. The zero-order valence-corrected chi connectivity index (χ0v) is 6.98. The van der Waals surface area contributed by atoms with Crippen molar-refractivity contribution in [2.75, 3.05) is 19.6 Å². The minimum Gasteiger partial charge on any atom is -0.409 e. The zero-order chi connectivity index (χ0) is 8.97. The lowest BCUT2D eigenvalue weighted by molar-refractivity contribution is 0.0786. The van der Waals surface area contributed by atoms with E-state index in [0.717, 1.165) is 19.4 Å². The molecule has 12 heavy (non-hydrogen) atoms. The third-order valence-electron chi connectivity index (χ3n) is 1.99. The molecule has 1 unspecified atom stereocenters. The molecule has 0 aromatic heterocycles. The van der Waals surface area contributed by atoms with Crippen molar-refractivity contribution in [3.05, 3.63) is 0 Å². The molecule has 1 fully saturated rings. The van der Waals surface area contributed by atoms with Crippen LogP contribution in [0.25, 0.3) is 0 Å². The van der Waals surface area contributed by atoms with Crippen LogP contribution in [0.3, 0.4) is 0 Å². The minimum atomic E-state index is -0.259. The van der Waals surface area contributed by atoms with Gasteiger partial charge in [-0.25, -0.2) is 0 Å². The third kappa shape index (κ3) is 2.67. The van der Waals surface area contributed by atoms with Crippen molar-refractivity contribution in [2.45, 2.75) is 18.9 Å². The molecule has 1 saturated heterocycles. The third-order valence-corrected chi connectivity index (χ3v) is 1.99. The molecule has 0 amide bonds. The van der Waals surface area contributed by atoms with Gasteiger partial charge in [0.15, 0.2) is 5.84 Å². The smallest absolute Gasteiger partial charge is 0.153 e. The molecule has 0 aromatic carbocycles. The molecule has 0 spiro atoms. The van der Waals surface area contributed by atoms with Gasteiger partial charge in [0.25, 0.3) is 0 Å². The minimum absolute atomic E-state index is 0.198. The number of nitrogens with two attached hydrogens (primary N) is 1. The quantitative estimate of drug-likeness (QED) is 0.221. The van der Waals surface area contributed by atoms with E-state index in [1.165, 1.54) is 0 Å². The molecule has 0 saturated carbocycles.